The molecule has 0 aliphatic carbocycles. The zero-order valence-electron chi connectivity index (χ0n) is 21.6. The second-order valence-electron chi connectivity index (χ2n) is 9.41. The van der Waals surface area contributed by atoms with Crippen molar-refractivity contribution in [1.82, 2.24) is 35.1 Å². The number of aromatic nitrogens is 6. The van der Waals surface area contributed by atoms with Crippen molar-refractivity contribution in [2.75, 3.05) is 13.2 Å². The molecule has 0 spiro atoms. The number of hydrogen-bond donors (Lipinski definition) is 2. The molecular weight excluding hydrogens is 498 g/mol. The maximum absolute atomic E-state index is 13.1. The fraction of sp³-hybridized carbons (Fsp3) is 0.286. The fourth-order valence-corrected chi connectivity index (χ4v) is 5.47. The molecule has 2 aromatic carbocycles. The van der Waals surface area contributed by atoms with Crippen molar-refractivity contribution in [3.05, 3.63) is 82.6 Å². The molecule has 2 N–H and O–H groups in total. The van der Waals surface area contributed by atoms with Gasteiger partial charge < -0.3 is 19.3 Å². The number of esters is 1. The number of nitrogens with zero attached hydrogens (tertiary/aromatic N) is 6. The second-order valence-corrected chi connectivity index (χ2v) is 9.41. The van der Waals surface area contributed by atoms with Crippen LogP contribution < -0.4 is 0 Å². The lowest BCUT2D eigenvalue weighted by molar-refractivity contribution is -0.141. The standard InChI is InChI=1S/C28H27N7O4/c1-3-21-29-20-13-14-34-24(25(36)22(27(34)37)28(38)39-4-2)23(20)35(21)15-16-9-11-17(12-10-16)18-7-5-6-8-19(18)26-30-32-33-31-26/h5-12,24,36H,3-4,13-15H2,1-2H3,(H,30,31,32,33). The number of imidazole rings is 1. The highest BCUT2D eigenvalue weighted by atomic mass is 16.5. The van der Waals surface area contributed by atoms with Gasteiger partial charge in [0.25, 0.3) is 5.91 Å². The molecule has 0 saturated carbocycles. The van der Waals surface area contributed by atoms with Gasteiger partial charge in [-0.1, -0.05) is 55.5 Å². The van der Waals surface area contributed by atoms with Gasteiger partial charge in [0.15, 0.2) is 5.57 Å². The Morgan fingerprint density at radius 1 is 1.13 bits per heavy atom. The van der Waals surface area contributed by atoms with Crippen LogP contribution in [-0.4, -0.2) is 65.2 Å². The van der Waals surface area contributed by atoms with E-state index in [-0.39, 0.29) is 17.9 Å². The van der Waals surface area contributed by atoms with E-state index in [4.69, 9.17) is 9.72 Å². The molecule has 1 unspecified atom stereocenters. The Balaban J connectivity index is 1.35. The van der Waals surface area contributed by atoms with Crippen LogP contribution in [0.5, 0.6) is 0 Å². The summed E-state index contributed by atoms with van der Waals surface area (Å²) in [5.41, 5.74) is 5.20. The second kappa shape index (κ2) is 9.82. The van der Waals surface area contributed by atoms with E-state index in [1.807, 2.05) is 55.5 Å². The molecule has 2 aliphatic heterocycles. The van der Waals surface area contributed by atoms with E-state index in [0.717, 1.165) is 39.5 Å². The molecule has 0 fully saturated rings. The summed E-state index contributed by atoms with van der Waals surface area (Å²) in [6.07, 6.45) is 1.23. The maximum Gasteiger partial charge on any atom is 0.347 e. The molecule has 6 rings (SSSR count). The number of nitrogens with one attached hydrogen (secondary N) is 1. The van der Waals surface area contributed by atoms with Gasteiger partial charge in [-0.15, -0.1) is 10.2 Å². The zero-order valence-corrected chi connectivity index (χ0v) is 21.6. The number of carbonyl (C=O) groups is 2. The van der Waals surface area contributed by atoms with Crippen LogP contribution in [-0.2, 0) is 33.7 Å². The number of aliphatic hydroxyl groups excluding tert-OH is 1. The van der Waals surface area contributed by atoms with E-state index in [2.05, 4.69) is 25.2 Å². The zero-order chi connectivity index (χ0) is 27.1. The lowest BCUT2D eigenvalue weighted by Crippen LogP contribution is -2.38. The Morgan fingerprint density at radius 3 is 2.59 bits per heavy atom. The quantitative estimate of drug-likeness (QED) is 0.277. The molecule has 4 heterocycles. The average Bonchev–Trinajstić information content (AvgIpc) is 3.67. The number of aryl methyl sites for hydroxylation is 1. The van der Waals surface area contributed by atoms with Crippen molar-refractivity contribution in [2.45, 2.75) is 39.3 Å². The highest BCUT2D eigenvalue weighted by Gasteiger charge is 2.48. The highest BCUT2D eigenvalue weighted by molar-refractivity contribution is 6.18. The van der Waals surface area contributed by atoms with Gasteiger partial charge in [0.05, 0.1) is 18.0 Å². The Hall–Kier alpha value is -4.80. The molecular formula is C28H27N7O4. The van der Waals surface area contributed by atoms with E-state index in [9.17, 15) is 14.7 Å². The number of fused-ring (bicyclic) bond motifs is 3. The molecule has 2 aliphatic rings. The molecule has 1 amide bonds. The summed E-state index contributed by atoms with van der Waals surface area (Å²) in [4.78, 5) is 31.9. The third-order valence-corrected chi connectivity index (χ3v) is 7.23. The topological polar surface area (TPSA) is 139 Å². The van der Waals surface area contributed by atoms with Gasteiger partial charge in [-0.3, -0.25) is 4.79 Å². The van der Waals surface area contributed by atoms with Crippen LogP contribution in [0.2, 0.25) is 0 Å². The van der Waals surface area contributed by atoms with E-state index < -0.39 is 17.9 Å². The fourth-order valence-electron chi connectivity index (χ4n) is 5.47. The van der Waals surface area contributed by atoms with Crippen LogP contribution >= 0.6 is 0 Å². The lowest BCUT2D eigenvalue weighted by Gasteiger charge is -2.31. The van der Waals surface area contributed by atoms with E-state index >= 15 is 0 Å². The molecule has 0 saturated heterocycles. The average molecular weight is 526 g/mol. The first-order valence-corrected chi connectivity index (χ1v) is 12.9. The molecule has 2 aromatic heterocycles. The molecule has 1 atom stereocenters. The van der Waals surface area contributed by atoms with Gasteiger partial charge in [0.2, 0.25) is 5.82 Å². The van der Waals surface area contributed by atoms with Crippen molar-refractivity contribution in [3.63, 3.8) is 0 Å². The van der Waals surface area contributed by atoms with E-state index in [0.29, 0.717) is 31.8 Å². The largest absolute Gasteiger partial charge is 0.509 e. The van der Waals surface area contributed by atoms with Gasteiger partial charge in [0, 0.05) is 31.5 Å². The smallest absolute Gasteiger partial charge is 0.347 e. The summed E-state index contributed by atoms with van der Waals surface area (Å²) in [6, 6.07) is 15.3. The Kier molecular flexibility index (Phi) is 6.18. The summed E-state index contributed by atoms with van der Waals surface area (Å²) < 4.78 is 7.11. The number of aromatic amines is 1. The Labute approximate surface area is 224 Å². The number of benzene rings is 2. The number of H-pyrrole nitrogens is 1. The van der Waals surface area contributed by atoms with Crippen molar-refractivity contribution in [1.29, 1.82) is 0 Å². The predicted molar refractivity (Wildman–Crippen MR) is 140 cm³/mol. The van der Waals surface area contributed by atoms with Crippen molar-refractivity contribution < 1.29 is 19.4 Å². The van der Waals surface area contributed by atoms with E-state index in [1.165, 1.54) is 0 Å². The maximum atomic E-state index is 13.1. The normalized spacial score (nSPS) is 16.4. The number of hydrogen-bond acceptors (Lipinski definition) is 8. The minimum atomic E-state index is -0.797. The SMILES string of the molecule is CCOC(=O)C1=C(O)C2c3c(nc(CC)n3Cc3ccc(-c4ccccc4-c4nn[nH]n4)cc3)CCN2C1=O. The van der Waals surface area contributed by atoms with Gasteiger partial charge >= 0.3 is 5.97 Å². The summed E-state index contributed by atoms with van der Waals surface area (Å²) in [5.74, 6) is -0.181. The van der Waals surface area contributed by atoms with Gasteiger partial charge in [-0.05, 0) is 28.8 Å². The van der Waals surface area contributed by atoms with E-state index in [1.54, 1.807) is 11.8 Å². The number of aliphatic hydroxyl groups is 1. The first kappa shape index (κ1) is 24.5. The number of amides is 1. The highest BCUT2D eigenvalue weighted by Crippen LogP contribution is 2.42. The molecule has 0 radical (unpaired) electrons. The predicted octanol–water partition coefficient (Wildman–Crippen LogP) is 3.16. The first-order valence-electron chi connectivity index (χ1n) is 12.9. The van der Waals surface area contributed by atoms with Gasteiger partial charge in [-0.2, -0.15) is 5.21 Å². The number of tetrazole rings is 1. The third-order valence-electron chi connectivity index (χ3n) is 7.23. The van der Waals surface area contributed by atoms with Crippen molar-refractivity contribution in [2.24, 2.45) is 0 Å². The lowest BCUT2D eigenvalue weighted by atomic mass is 9.98. The molecule has 39 heavy (non-hydrogen) atoms. The van der Waals surface area contributed by atoms with Crippen molar-refractivity contribution in [3.8, 4) is 22.5 Å². The third kappa shape index (κ3) is 4.06. The monoisotopic (exact) mass is 525 g/mol. The minimum absolute atomic E-state index is 0.117. The Bertz CT molecular complexity index is 1590. The van der Waals surface area contributed by atoms with Gasteiger partial charge in [-0.25, -0.2) is 9.78 Å². The van der Waals surface area contributed by atoms with Gasteiger partial charge in [0.1, 0.15) is 17.6 Å². The van der Waals surface area contributed by atoms with Crippen LogP contribution in [0.25, 0.3) is 22.5 Å². The Morgan fingerprint density at radius 2 is 1.90 bits per heavy atom. The summed E-state index contributed by atoms with van der Waals surface area (Å²) >= 11 is 0. The summed E-state index contributed by atoms with van der Waals surface area (Å²) in [5, 5.41) is 25.5. The molecule has 11 nitrogen and oxygen atoms in total. The molecule has 198 valence electrons. The van der Waals surface area contributed by atoms with Crippen molar-refractivity contribution >= 4 is 11.9 Å². The minimum Gasteiger partial charge on any atom is -0.509 e. The van der Waals surface area contributed by atoms with Crippen LogP contribution in [0.3, 0.4) is 0 Å². The number of rotatable bonds is 7. The van der Waals surface area contributed by atoms with Crippen LogP contribution in [0.4, 0.5) is 0 Å². The number of carbonyl (C=O) groups excluding carboxylic acids is 2. The molecule has 11 heteroatoms. The summed E-state index contributed by atoms with van der Waals surface area (Å²) in [7, 11) is 0. The molecule has 4 aromatic rings. The summed E-state index contributed by atoms with van der Waals surface area (Å²) in [6.45, 7) is 4.68. The molecule has 0 bridgehead atoms. The van der Waals surface area contributed by atoms with Crippen LogP contribution in [0.15, 0.2) is 59.9 Å². The van der Waals surface area contributed by atoms with Crippen LogP contribution in [0.1, 0.15) is 42.7 Å². The number of ether oxygens (including phenoxy) is 1. The van der Waals surface area contributed by atoms with Crippen LogP contribution in [0, 0.1) is 0 Å². The first-order chi connectivity index (χ1) is 19.0.